The van der Waals surface area contributed by atoms with Crippen LogP contribution in [-0.4, -0.2) is 33.6 Å². The highest BCUT2D eigenvalue weighted by molar-refractivity contribution is 7.99. The van der Waals surface area contributed by atoms with Crippen LogP contribution in [0.5, 0.6) is 0 Å². The van der Waals surface area contributed by atoms with Crippen LogP contribution in [0.15, 0.2) is 35.5 Å². The Morgan fingerprint density at radius 2 is 2.00 bits per heavy atom. The molecule has 23 heavy (non-hydrogen) atoms. The third-order valence-corrected chi connectivity index (χ3v) is 4.94. The van der Waals surface area contributed by atoms with E-state index < -0.39 is 0 Å². The zero-order valence-electron chi connectivity index (χ0n) is 13.3. The minimum atomic E-state index is -0.259. The van der Waals surface area contributed by atoms with E-state index in [2.05, 4.69) is 9.84 Å². The van der Waals surface area contributed by atoms with E-state index in [0.29, 0.717) is 11.1 Å². The minimum absolute atomic E-state index is 0.236. The van der Waals surface area contributed by atoms with Gasteiger partial charge in [-0.3, -0.25) is 4.79 Å². The number of methoxy groups -OCH3 is 1. The monoisotopic (exact) mass is 331 g/mol. The fourth-order valence-corrected chi connectivity index (χ4v) is 3.59. The maximum absolute atomic E-state index is 11.3. The number of thioether (sulfide) groups is 1. The maximum Gasteiger partial charge on any atom is 0.316 e. The predicted molar refractivity (Wildman–Crippen MR) is 89.9 cm³/mol. The highest BCUT2D eigenvalue weighted by Crippen LogP contribution is 2.33. The van der Waals surface area contributed by atoms with E-state index in [9.17, 15) is 4.79 Å². The SMILES string of the molecule is COC(=O)CSc1nc(C2CCCCC2)n(-c2ccccc2)n1. The normalized spacial score (nSPS) is 15.5. The Hall–Kier alpha value is -1.82. The molecule has 1 fully saturated rings. The summed E-state index contributed by atoms with van der Waals surface area (Å²) < 4.78 is 6.63. The topological polar surface area (TPSA) is 57.0 Å². The first-order chi connectivity index (χ1) is 11.3. The van der Waals surface area contributed by atoms with Crippen LogP contribution in [0.2, 0.25) is 0 Å². The highest BCUT2D eigenvalue weighted by atomic mass is 32.2. The molecule has 0 atom stereocenters. The van der Waals surface area contributed by atoms with Crippen LogP contribution in [0.3, 0.4) is 0 Å². The summed E-state index contributed by atoms with van der Waals surface area (Å²) in [5, 5.41) is 5.26. The van der Waals surface area contributed by atoms with Crippen molar-refractivity contribution in [3.63, 3.8) is 0 Å². The lowest BCUT2D eigenvalue weighted by molar-refractivity contribution is -0.137. The van der Waals surface area contributed by atoms with Gasteiger partial charge in [0.1, 0.15) is 5.82 Å². The Bertz CT molecular complexity index is 651. The van der Waals surface area contributed by atoms with E-state index in [1.807, 2.05) is 35.0 Å². The van der Waals surface area contributed by atoms with Crippen molar-refractivity contribution in [2.75, 3.05) is 12.9 Å². The van der Waals surface area contributed by atoms with Crippen molar-refractivity contribution in [3.05, 3.63) is 36.2 Å². The summed E-state index contributed by atoms with van der Waals surface area (Å²) in [7, 11) is 1.40. The number of carbonyl (C=O) groups excluding carboxylic acids is 1. The molecule has 1 aliphatic carbocycles. The predicted octanol–water partition coefficient (Wildman–Crippen LogP) is 3.58. The average molecular weight is 331 g/mol. The number of ether oxygens (including phenoxy) is 1. The molecule has 0 saturated heterocycles. The Morgan fingerprint density at radius 1 is 1.26 bits per heavy atom. The minimum Gasteiger partial charge on any atom is -0.468 e. The summed E-state index contributed by atoms with van der Waals surface area (Å²) in [6, 6.07) is 10.1. The molecular weight excluding hydrogens is 310 g/mol. The smallest absolute Gasteiger partial charge is 0.316 e. The molecule has 122 valence electrons. The Kier molecular flexibility index (Phi) is 5.33. The largest absolute Gasteiger partial charge is 0.468 e. The molecule has 0 aliphatic heterocycles. The standard InChI is InChI=1S/C17H21N3O2S/c1-22-15(21)12-23-17-18-16(13-8-4-2-5-9-13)20(19-17)14-10-6-3-7-11-14/h3,6-7,10-11,13H,2,4-5,8-9,12H2,1H3. The molecule has 1 aromatic heterocycles. The second-order valence-corrected chi connectivity index (χ2v) is 6.64. The number of para-hydroxylation sites is 1. The number of hydrogen-bond donors (Lipinski definition) is 0. The molecule has 5 nitrogen and oxygen atoms in total. The van der Waals surface area contributed by atoms with Crippen LogP contribution in [0.4, 0.5) is 0 Å². The lowest BCUT2D eigenvalue weighted by Gasteiger charge is -2.21. The summed E-state index contributed by atoms with van der Waals surface area (Å²) in [5.41, 5.74) is 1.02. The van der Waals surface area contributed by atoms with Gasteiger partial charge in [-0.25, -0.2) is 9.67 Å². The molecule has 2 aromatic rings. The van der Waals surface area contributed by atoms with Gasteiger partial charge >= 0.3 is 5.97 Å². The van der Waals surface area contributed by atoms with Gasteiger partial charge in [-0.2, -0.15) is 0 Å². The van der Waals surface area contributed by atoms with Crippen LogP contribution in [0.1, 0.15) is 43.8 Å². The third kappa shape index (κ3) is 3.93. The molecular formula is C17H21N3O2S. The van der Waals surface area contributed by atoms with Crippen molar-refractivity contribution in [1.82, 2.24) is 14.8 Å². The van der Waals surface area contributed by atoms with Crippen molar-refractivity contribution >= 4 is 17.7 Å². The molecule has 0 unspecified atom stereocenters. The van der Waals surface area contributed by atoms with Gasteiger partial charge in [-0.05, 0) is 25.0 Å². The van der Waals surface area contributed by atoms with Gasteiger partial charge in [0.05, 0.1) is 18.6 Å². The second-order valence-electron chi connectivity index (χ2n) is 5.70. The first-order valence-electron chi connectivity index (χ1n) is 8.00. The average Bonchev–Trinajstić information content (AvgIpc) is 3.05. The van der Waals surface area contributed by atoms with E-state index in [1.54, 1.807) is 0 Å². The summed E-state index contributed by atoms with van der Waals surface area (Å²) in [5.74, 6) is 1.44. The quantitative estimate of drug-likeness (QED) is 0.619. The van der Waals surface area contributed by atoms with E-state index in [4.69, 9.17) is 4.98 Å². The fourth-order valence-electron chi connectivity index (χ4n) is 2.93. The van der Waals surface area contributed by atoms with Crippen molar-refractivity contribution in [2.24, 2.45) is 0 Å². The first kappa shape index (κ1) is 16.1. The van der Waals surface area contributed by atoms with Crippen LogP contribution in [0, 0.1) is 0 Å². The van der Waals surface area contributed by atoms with Crippen LogP contribution >= 0.6 is 11.8 Å². The van der Waals surface area contributed by atoms with Crippen LogP contribution in [0.25, 0.3) is 5.69 Å². The fraction of sp³-hybridized carbons (Fsp3) is 0.471. The number of esters is 1. The highest BCUT2D eigenvalue weighted by Gasteiger charge is 2.23. The summed E-state index contributed by atoms with van der Waals surface area (Å²) in [4.78, 5) is 16.1. The Morgan fingerprint density at radius 3 is 2.70 bits per heavy atom. The lowest BCUT2D eigenvalue weighted by atomic mass is 9.88. The zero-order valence-corrected chi connectivity index (χ0v) is 14.1. The molecule has 1 saturated carbocycles. The Balaban J connectivity index is 1.88. The summed E-state index contributed by atoms with van der Waals surface area (Å²) in [6.07, 6.45) is 6.12. The van der Waals surface area contributed by atoms with Crippen molar-refractivity contribution in [1.29, 1.82) is 0 Å². The molecule has 0 amide bonds. The molecule has 3 rings (SSSR count). The van der Waals surface area contributed by atoms with E-state index in [-0.39, 0.29) is 11.7 Å². The van der Waals surface area contributed by atoms with Gasteiger partial charge in [0, 0.05) is 5.92 Å². The van der Waals surface area contributed by atoms with Crippen LogP contribution < -0.4 is 0 Å². The molecule has 1 aromatic carbocycles. The Labute approximate surface area is 140 Å². The van der Waals surface area contributed by atoms with Gasteiger partial charge in [0.15, 0.2) is 0 Å². The van der Waals surface area contributed by atoms with Gasteiger partial charge in [-0.15, -0.1) is 5.10 Å². The number of hydrogen-bond acceptors (Lipinski definition) is 5. The molecule has 0 bridgehead atoms. The lowest BCUT2D eigenvalue weighted by Crippen LogP contribution is -2.12. The second kappa shape index (κ2) is 7.64. The van der Waals surface area contributed by atoms with Crippen molar-refractivity contribution in [3.8, 4) is 5.69 Å². The molecule has 1 heterocycles. The summed E-state index contributed by atoms with van der Waals surface area (Å²) in [6.45, 7) is 0. The summed E-state index contributed by atoms with van der Waals surface area (Å²) >= 11 is 1.33. The molecule has 0 spiro atoms. The van der Waals surface area contributed by atoms with E-state index in [1.165, 1.54) is 38.1 Å². The number of benzene rings is 1. The molecule has 6 heteroatoms. The van der Waals surface area contributed by atoms with Crippen LogP contribution in [-0.2, 0) is 9.53 Å². The number of aromatic nitrogens is 3. The zero-order chi connectivity index (χ0) is 16.1. The van der Waals surface area contributed by atoms with Gasteiger partial charge in [0.2, 0.25) is 5.16 Å². The molecule has 1 aliphatic rings. The van der Waals surface area contributed by atoms with Crippen molar-refractivity contribution in [2.45, 2.75) is 43.2 Å². The third-order valence-electron chi connectivity index (χ3n) is 4.13. The first-order valence-corrected chi connectivity index (χ1v) is 8.98. The number of nitrogens with zero attached hydrogens (tertiary/aromatic N) is 3. The van der Waals surface area contributed by atoms with E-state index >= 15 is 0 Å². The number of rotatable bonds is 5. The van der Waals surface area contributed by atoms with E-state index in [0.717, 1.165) is 24.4 Å². The molecule has 0 radical (unpaired) electrons. The maximum atomic E-state index is 11.3. The van der Waals surface area contributed by atoms with Crippen molar-refractivity contribution < 1.29 is 9.53 Å². The molecule has 0 N–H and O–H groups in total. The van der Waals surface area contributed by atoms with Gasteiger partial charge in [0.25, 0.3) is 0 Å². The van der Waals surface area contributed by atoms with Gasteiger partial charge in [-0.1, -0.05) is 49.2 Å². The number of carbonyl (C=O) groups is 1. The van der Waals surface area contributed by atoms with Gasteiger partial charge < -0.3 is 4.74 Å².